The summed E-state index contributed by atoms with van der Waals surface area (Å²) < 4.78 is 1.41. The number of hydrogen-bond acceptors (Lipinski definition) is 2. The van der Waals surface area contributed by atoms with Gasteiger partial charge in [-0.2, -0.15) is 0 Å². The van der Waals surface area contributed by atoms with Gasteiger partial charge in [0, 0.05) is 15.6 Å². The third-order valence-corrected chi connectivity index (χ3v) is 4.68. The van der Waals surface area contributed by atoms with E-state index in [-0.39, 0.29) is 0 Å². The van der Waals surface area contributed by atoms with E-state index in [1.807, 2.05) is 11.3 Å². The highest BCUT2D eigenvalue weighted by atomic mass is 32.1. The minimum Gasteiger partial charge on any atom is -0.309 e. The monoisotopic (exact) mass is 247 g/mol. The summed E-state index contributed by atoms with van der Waals surface area (Å²) in [6, 6.07) is 7.22. The van der Waals surface area contributed by atoms with Gasteiger partial charge in [-0.3, -0.25) is 0 Å². The van der Waals surface area contributed by atoms with E-state index in [2.05, 4.69) is 51.2 Å². The van der Waals surface area contributed by atoms with Crippen molar-refractivity contribution in [3.63, 3.8) is 0 Å². The van der Waals surface area contributed by atoms with Crippen LogP contribution in [0.15, 0.2) is 18.2 Å². The summed E-state index contributed by atoms with van der Waals surface area (Å²) in [7, 11) is 0. The largest absolute Gasteiger partial charge is 0.309 e. The first kappa shape index (κ1) is 12.6. The van der Waals surface area contributed by atoms with Crippen molar-refractivity contribution in [2.45, 2.75) is 40.2 Å². The number of benzene rings is 1. The number of fused-ring (bicyclic) bond motifs is 1. The lowest BCUT2D eigenvalue weighted by molar-refractivity contribution is 0.576. The van der Waals surface area contributed by atoms with Gasteiger partial charge >= 0.3 is 0 Å². The van der Waals surface area contributed by atoms with Gasteiger partial charge in [-0.1, -0.05) is 24.6 Å². The molecular formula is C15H21NS. The van der Waals surface area contributed by atoms with Crippen molar-refractivity contribution < 1.29 is 0 Å². The molecule has 2 heteroatoms. The lowest BCUT2D eigenvalue weighted by Gasteiger charge is -2.12. The smallest absolute Gasteiger partial charge is 0.0389 e. The third-order valence-electron chi connectivity index (χ3n) is 3.22. The summed E-state index contributed by atoms with van der Waals surface area (Å²) in [6.07, 6.45) is 1.19. The lowest BCUT2D eigenvalue weighted by Crippen LogP contribution is -2.18. The van der Waals surface area contributed by atoms with Crippen LogP contribution in [-0.2, 0) is 0 Å². The van der Waals surface area contributed by atoms with Crippen molar-refractivity contribution in [3.8, 4) is 0 Å². The number of aryl methyl sites for hydroxylation is 2. The van der Waals surface area contributed by atoms with Crippen molar-refractivity contribution in [2.75, 3.05) is 6.54 Å². The van der Waals surface area contributed by atoms with Gasteiger partial charge in [0.25, 0.3) is 0 Å². The molecule has 17 heavy (non-hydrogen) atoms. The summed E-state index contributed by atoms with van der Waals surface area (Å²) in [4.78, 5) is 1.49. The molecule has 0 bridgehead atoms. The topological polar surface area (TPSA) is 12.0 Å². The molecular weight excluding hydrogens is 226 g/mol. The Bertz CT molecular complexity index is 513. The summed E-state index contributed by atoms with van der Waals surface area (Å²) in [5.74, 6) is 0. The van der Waals surface area contributed by atoms with Gasteiger partial charge in [0.1, 0.15) is 0 Å². The Labute approximate surface area is 108 Å². The fourth-order valence-electron chi connectivity index (χ4n) is 2.22. The molecule has 1 heterocycles. The molecule has 0 aliphatic rings. The van der Waals surface area contributed by atoms with Crippen LogP contribution in [0.25, 0.3) is 10.1 Å². The van der Waals surface area contributed by atoms with Crippen LogP contribution >= 0.6 is 11.3 Å². The third kappa shape index (κ3) is 2.53. The summed E-state index contributed by atoms with van der Waals surface area (Å²) >= 11 is 1.93. The van der Waals surface area contributed by atoms with Crippen molar-refractivity contribution in [1.29, 1.82) is 0 Å². The minimum absolute atomic E-state index is 0.465. The first-order chi connectivity index (χ1) is 8.13. The highest BCUT2D eigenvalue weighted by Crippen LogP contribution is 2.35. The zero-order valence-electron chi connectivity index (χ0n) is 11.1. The molecule has 92 valence electrons. The SMILES string of the molecule is CCCNC(C)c1sc2ccc(C)cc2c1C. The van der Waals surface area contributed by atoms with Crippen LogP contribution in [-0.4, -0.2) is 6.54 Å². The Morgan fingerprint density at radius 2 is 2.06 bits per heavy atom. The lowest BCUT2D eigenvalue weighted by atomic mass is 10.1. The highest BCUT2D eigenvalue weighted by molar-refractivity contribution is 7.19. The number of hydrogen-bond donors (Lipinski definition) is 1. The molecule has 0 aliphatic heterocycles. The van der Waals surface area contributed by atoms with Gasteiger partial charge in [0.15, 0.2) is 0 Å². The number of nitrogens with one attached hydrogen (secondary N) is 1. The standard InChI is InChI=1S/C15H21NS/c1-5-8-16-12(4)15-11(3)13-9-10(2)6-7-14(13)17-15/h6-7,9,12,16H,5,8H2,1-4H3. The zero-order chi connectivity index (χ0) is 12.4. The van der Waals surface area contributed by atoms with Gasteiger partial charge in [-0.15, -0.1) is 11.3 Å². The van der Waals surface area contributed by atoms with Gasteiger partial charge in [-0.25, -0.2) is 0 Å². The van der Waals surface area contributed by atoms with Crippen LogP contribution < -0.4 is 5.32 Å². The second-order valence-electron chi connectivity index (χ2n) is 4.77. The van der Waals surface area contributed by atoms with Crippen LogP contribution in [0, 0.1) is 13.8 Å². The molecule has 0 radical (unpaired) electrons. The normalized spacial score (nSPS) is 13.2. The first-order valence-corrected chi connectivity index (χ1v) is 7.18. The van der Waals surface area contributed by atoms with E-state index >= 15 is 0 Å². The van der Waals surface area contributed by atoms with Crippen LogP contribution in [0.3, 0.4) is 0 Å². The second kappa shape index (κ2) is 5.19. The molecule has 0 amide bonds. The molecule has 1 aromatic carbocycles. The fraction of sp³-hybridized carbons (Fsp3) is 0.467. The van der Waals surface area contributed by atoms with Crippen molar-refractivity contribution in [3.05, 3.63) is 34.2 Å². The van der Waals surface area contributed by atoms with E-state index in [0.29, 0.717) is 6.04 Å². The molecule has 2 aromatic rings. The van der Waals surface area contributed by atoms with Gasteiger partial charge < -0.3 is 5.32 Å². The quantitative estimate of drug-likeness (QED) is 0.834. The van der Waals surface area contributed by atoms with E-state index in [1.54, 1.807) is 0 Å². The maximum absolute atomic E-state index is 3.58. The number of thiophene rings is 1. The maximum Gasteiger partial charge on any atom is 0.0389 e. The molecule has 1 atom stereocenters. The van der Waals surface area contributed by atoms with Crippen LogP contribution in [0.1, 0.15) is 42.3 Å². The average molecular weight is 247 g/mol. The van der Waals surface area contributed by atoms with Gasteiger partial charge in [0.2, 0.25) is 0 Å². The molecule has 0 fully saturated rings. The Hall–Kier alpha value is -0.860. The van der Waals surface area contributed by atoms with E-state index in [9.17, 15) is 0 Å². The predicted octanol–water partition coefficient (Wildman–Crippen LogP) is 4.58. The van der Waals surface area contributed by atoms with Crippen molar-refractivity contribution in [2.24, 2.45) is 0 Å². The molecule has 1 unspecified atom stereocenters. The Morgan fingerprint density at radius 1 is 1.29 bits per heavy atom. The zero-order valence-corrected chi connectivity index (χ0v) is 11.9. The molecule has 1 aromatic heterocycles. The Balaban J connectivity index is 2.38. The van der Waals surface area contributed by atoms with E-state index in [4.69, 9.17) is 0 Å². The first-order valence-electron chi connectivity index (χ1n) is 6.36. The molecule has 0 aliphatic carbocycles. The van der Waals surface area contributed by atoms with E-state index < -0.39 is 0 Å². The van der Waals surface area contributed by atoms with Crippen molar-refractivity contribution >= 4 is 21.4 Å². The van der Waals surface area contributed by atoms with Crippen LogP contribution in [0.2, 0.25) is 0 Å². The Kier molecular flexibility index (Phi) is 3.85. The molecule has 0 saturated heterocycles. The summed E-state index contributed by atoms with van der Waals surface area (Å²) in [6.45, 7) is 9.97. The van der Waals surface area contributed by atoms with Gasteiger partial charge in [-0.05, 0) is 50.8 Å². The van der Waals surface area contributed by atoms with Crippen LogP contribution in [0.4, 0.5) is 0 Å². The fourth-order valence-corrected chi connectivity index (χ4v) is 3.44. The number of rotatable bonds is 4. The molecule has 1 N–H and O–H groups in total. The second-order valence-corrected chi connectivity index (χ2v) is 5.85. The predicted molar refractivity (Wildman–Crippen MR) is 78.0 cm³/mol. The summed E-state index contributed by atoms with van der Waals surface area (Å²) in [5, 5.41) is 5.00. The molecule has 2 rings (SSSR count). The minimum atomic E-state index is 0.465. The molecule has 1 nitrogen and oxygen atoms in total. The van der Waals surface area contributed by atoms with Gasteiger partial charge in [0.05, 0.1) is 0 Å². The van der Waals surface area contributed by atoms with E-state index in [1.165, 1.54) is 32.5 Å². The molecule has 0 saturated carbocycles. The highest BCUT2D eigenvalue weighted by Gasteiger charge is 2.13. The Morgan fingerprint density at radius 3 is 2.76 bits per heavy atom. The summed E-state index contributed by atoms with van der Waals surface area (Å²) in [5.41, 5.74) is 2.80. The average Bonchev–Trinajstić information content (AvgIpc) is 2.64. The van der Waals surface area contributed by atoms with E-state index in [0.717, 1.165) is 6.54 Å². The molecule has 0 spiro atoms. The van der Waals surface area contributed by atoms with Crippen LogP contribution in [0.5, 0.6) is 0 Å². The van der Waals surface area contributed by atoms with Crippen molar-refractivity contribution in [1.82, 2.24) is 5.32 Å². The maximum atomic E-state index is 3.58.